The van der Waals surface area contributed by atoms with Crippen molar-refractivity contribution in [1.82, 2.24) is 4.57 Å². The Morgan fingerprint density at radius 1 is 1.06 bits per heavy atom. The van der Waals surface area contributed by atoms with Gasteiger partial charge in [-0.05, 0) is 55.0 Å². The third-order valence-electron chi connectivity index (χ3n) is 5.76. The largest absolute Gasteiger partial charge is 0.478 e. The molecule has 2 heterocycles. The Morgan fingerprint density at radius 3 is 2.25 bits per heavy atom. The number of rotatable bonds is 6. The molecule has 10 nitrogen and oxygen atoms in total. The lowest BCUT2D eigenvalue weighted by atomic mass is 10.0. The maximum atomic E-state index is 13.5. The maximum absolute atomic E-state index is 13.5. The highest BCUT2D eigenvalue weighted by atomic mass is 16.5. The van der Waals surface area contributed by atoms with Crippen LogP contribution in [0.2, 0.25) is 0 Å². The Kier molecular flexibility index (Phi) is 6.43. The van der Waals surface area contributed by atoms with Crippen LogP contribution in [0.5, 0.6) is 0 Å². The van der Waals surface area contributed by atoms with Gasteiger partial charge in [-0.1, -0.05) is 12.1 Å². The van der Waals surface area contributed by atoms with E-state index in [9.17, 15) is 19.2 Å². The molecule has 0 aliphatic carbocycles. The quantitative estimate of drug-likeness (QED) is 0.520. The zero-order valence-electron chi connectivity index (χ0n) is 20.2. The third kappa shape index (κ3) is 4.24. The van der Waals surface area contributed by atoms with E-state index in [4.69, 9.17) is 9.84 Å². The van der Waals surface area contributed by atoms with Crippen molar-refractivity contribution < 1.29 is 24.2 Å². The normalized spacial score (nSPS) is 12.8. The Labute approximate surface area is 206 Å². The molecule has 0 saturated heterocycles. The number of aromatic nitrogens is 1. The van der Waals surface area contributed by atoms with Crippen molar-refractivity contribution >= 4 is 35.3 Å². The first-order chi connectivity index (χ1) is 17.1. The number of anilines is 2. The molecule has 0 fully saturated rings. The van der Waals surface area contributed by atoms with Crippen LogP contribution in [0.1, 0.15) is 43.6 Å². The minimum Gasteiger partial charge on any atom is -0.478 e. The summed E-state index contributed by atoms with van der Waals surface area (Å²) in [5, 5.41) is 14.5. The number of aromatic carboxylic acids is 1. The van der Waals surface area contributed by atoms with Crippen LogP contribution in [0.25, 0.3) is 6.08 Å². The average Bonchev–Trinajstić information content (AvgIpc) is 3.20. The monoisotopic (exact) mass is 488 g/mol. The van der Waals surface area contributed by atoms with Gasteiger partial charge < -0.3 is 14.7 Å². The van der Waals surface area contributed by atoms with Crippen molar-refractivity contribution in [3.05, 3.63) is 91.8 Å². The molecule has 1 aliphatic rings. The fourth-order valence-electron chi connectivity index (χ4n) is 3.87. The Hall–Kier alpha value is -4.73. The molecule has 0 saturated carbocycles. The average molecular weight is 489 g/mol. The first kappa shape index (κ1) is 24.4. The molecule has 1 aromatic heterocycles. The molecule has 1 aliphatic heterocycles. The molecule has 1 N–H and O–H groups in total. The molecule has 0 radical (unpaired) electrons. The summed E-state index contributed by atoms with van der Waals surface area (Å²) >= 11 is 0. The second-order valence-electron chi connectivity index (χ2n) is 8.27. The van der Waals surface area contributed by atoms with Gasteiger partial charge in [0.1, 0.15) is 5.56 Å². The highest BCUT2D eigenvalue weighted by molar-refractivity contribution is 6.13. The topological polar surface area (TPSA) is 122 Å². The van der Waals surface area contributed by atoms with Crippen LogP contribution in [0, 0.1) is 0 Å². The summed E-state index contributed by atoms with van der Waals surface area (Å²) in [6.45, 7) is 1.68. The van der Waals surface area contributed by atoms with Gasteiger partial charge in [0, 0.05) is 26.8 Å². The highest BCUT2D eigenvalue weighted by Crippen LogP contribution is 2.21. The van der Waals surface area contributed by atoms with Crippen LogP contribution in [0.4, 0.5) is 11.4 Å². The highest BCUT2D eigenvalue weighted by Gasteiger charge is 2.34. The van der Waals surface area contributed by atoms with Crippen LogP contribution in [-0.2, 0) is 11.8 Å². The number of fused-ring (bicyclic) bond motifs is 1. The van der Waals surface area contributed by atoms with Gasteiger partial charge in [-0.15, -0.1) is 5.10 Å². The van der Waals surface area contributed by atoms with E-state index < -0.39 is 23.4 Å². The zero-order valence-corrected chi connectivity index (χ0v) is 20.2. The lowest BCUT2D eigenvalue weighted by Crippen LogP contribution is -2.47. The lowest BCUT2D eigenvalue weighted by Gasteiger charge is -2.13. The number of carbonyl (C=O) groups excluding carboxylic acids is 2. The number of carbonyl (C=O) groups is 3. The van der Waals surface area contributed by atoms with Crippen molar-refractivity contribution in [3.63, 3.8) is 0 Å². The molecule has 36 heavy (non-hydrogen) atoms. The molecule has 0 atom stereocenters. The molecule has 184 valence electrons. The Morgan fingerprint density at radius 2 is 1.69 bits per heavy atom. The minimum atomic E-state index is -1.11. The molecular formula is C26H24N4O6. The zero-order chi connectivity index (χ0) is 26.1. The fraction of sp³-hybridized carbons (Fsp3) is 0.192. The number of hydrogen-bond donors (Lipinski definition) is 1. The van der Waals surface area contributed by atoms with Gasteiger partial charge in [0.2, 0.25) is 0 Å². The molecule has 3 aromatic rings. The van der Waals surface area contributed by atoms with E-state index >= 15 is 0 Å². The Bertz CT molecular complexity index is 1550. The number of ether oxygens (including phenoxy) is 1. The SMILES string of the molecule is CCOC(=O)c1c2c(n(C)c(=O)/c1=C\c1ccc(N(C)C)cc1)=NN(c1ccc(C(=O)O)cc1)C2=O. The van der Waals surface area contributed by atoms with Crippen molar-refractivity contribution in [1.29, 1.82) is 0 Å². The first-order valence-corrected chi connectivity index (χ1v) is 11.1. The number of nitrogens with zero attached hydrogens (tertiary/aromatic N) is 4. The van der Waals surface area contributed by atoms with E-state index in [1.807, 2.05) is 31.1 Å². The number of carboxylic acid groups (broad SMARTS) is 1. The van der Waals surface area contributed by atoms with E-state index in [0.717, 1.165) is 10.7 Å². The Balaban J connectivity index is 1.93. The van der Waals surface area contributed by atoms with E-state index in [0.29, 0.717) is 5.56 Å². The van der Waals surface area contributed by atoms with Crippen LogP contribution >= 0.6 is 0 Å². The number of hydrogen-bond acceptors (Lipinski definition) is 7. The van der Waals surface area contributed by atoms with Crippen LogP contribution in [-0.4, -0.2) is 48.2 Å². The molecule has 0 spiro atoms. The van der Waals surface area contributed by atoms with Gasteiger partial charge >= 0.3 is 11.9 Å². The number of pyridine rings is 1. The van der Waals surface area contributed by atoms with Crippen molar-refractivity contribution in [2.45, 2.75) is 6.92 Å². The second-order valence-corrected chi connectivity index (χ2v) is 8.27. The molecule has 0 unspecified atom stereocenters. The molecule has 2 aromatic carbocycles. The summed E-state index contributed by atoms with van der Waals surface area (Å²) in [7, 11) is 5.28. The third-order valence-corrected chi connectivity index (χ3v) is 5.76. The van der Waals surface area contributed by atoms with Gasteiger partial charge in [-0.3, -0.25) is 14.2 Å². The standard InChI is InChI=1S/C26H24N4O6/c1-5-36-26(35)20-19(14-15-6-10-17(11-7-15)28(2)3)23(31)29(4)22-21(20)24(32)30(27-22)18-12-8-16(9-13-18)25(33)34/h6-14H,5H2,1-4H3,(H,33,34)/b19-14-. The molecular weight excluding hydrogens is 464 g/mol. The molecule has 1 amide bonds. The summed E-state index contributed by atoms with van der Waals surface area (Å²) in [6.07, 6.45) is 1.55. The van der Waals surface area contributed by atoms with Crippen molar-refractivity contribution in [2.24, 2.45) is 12.1 Å². The van der Waals surface area contributed by atoms with Crippen LogP contribution < -0.4 is 26.2 Å². The summed E-state index contributed by atoms with van der Waals surface area (Å²) in [5.74, 6) is -2.56. The number of benzene rings is 2. The summed E-state index contributed by atoms with van der Waals surface area (Å²) < 4.78 is 6.43. The van der Waals surface area contributed by atoms with Gasteiger partial charge in [0.15, 0.2) is 5.49 Å². The molecule has 4 rings (SSSR count). The van der Waals surface area contributed by atoms with E-state index in [1.165, 1.54) is 35.9 Å². The van der Waals surface area contributed by atoms with Crippen molar-refractivity contribution in [3.8, 4) is 0 Å². The van der Waals surface area contributed by atoms with Gasteiger partial charge in [-0.25, -0.2) is 9.59 Å². The van der Waals surface area contributed by atoms with E-state index in [1.54, 1.807) is 25.1 Å². The molecule has 0 bridgehead atoms. The summed E-state index contributed by atoms with van der Waals surface area (Å²) in [6, 6.07) is 12.9. The van der Waals surface area contributed by atoms with E-state index in [2.05, 4.69) is 5.10 Å². The van der Waals surface area contributed by atoms with Crippen molar-refractivity contribution in [2.75, 3.05) is 30.6 Å². The minimum absolute atomic E-state index is 0.00969. The predicted molar refractivity (Wildman–Crippen MR) is 133 cm³/mol. The number of carboxylic acids is 1. The van der Waals surface area contributed by atoms with Crippen LogP contribution in [0.15, 0.2) is 58.4 Å². The van der Waals surface area contributed by atoms with Gasteiger partial charge in [0.25, 0.3) is 11.5 Å². The lowest BCUT2D eigenvalue weighted by molar-refractivity contribution is 0.0520. The maximum Gasteiger partial charge on any atom is 0.339 e. The fourth-order valence-corrected chi connectivity index (χ4v) is 3.87. The number of amides is 1. The van der Waals surface area contributed by atoms with Gasteiger partial charge in [-0.2, -0.15) is 5.01 Å². The second kappa shape index (κ2) is 9.49. The molecule has 10 heteroatoms. The number of esters is 1. The van der Waals surface area contributed by atoms with Crippen LogP contribution in [0.3, 0.4) is 0 Å². The summed E-state index contributed by atoms with van der Waals surface area (Å²) in [5.41, 5.74) is 1.21. The smallest absolute Gasteiger partial charge is 0.339 e. The first-order valence-electron chi connectivity index (χ1n) is 11.1. The summed E-state index contributed by atoms with van der Waals surface area (Å²) in [4.78, 5) is 53.0. The van der Waals surface area contributed by atoms with Gasteiger partial charge in [0.05, 0.1) is 28.6 Å². The van der Waals surface area contributed by atoms with E-state index in [-0.39, 0.29) is 39.7 Å². The predicted octanol–water partition coefficient (Wildman–Crippen LogP) is 1.35.